The third-order valence-corrected chi connectivity index (χ3v) is 19.2. The van der Waals surface area contributed by atoms with Crippen molar-refractivity contribution in [1.82, 2.24) is 5.32 Å². The number of allylic oxidation sites excluding steroid dienone is 25. The molecule has 0 saturated carbocycles. The van der Waals surface area contributed by atoms with Crippen LogP contribution in [0, 0.1) is 0 Å². The summed E-state index contributed by atoms with van der Waals surface area (Å²) in [5.74, 6) is -0.284. The highest BCUT2D eigenvalue weighted by atomic mass is 16.7. The van der Waals surface area contributed by atoms with Crippen molar-refractivity contribution < 1.29 is 64.6 Å². The third kappa shape index (κ3) is 53.4. The molecule has 2 aliphatic heterocycles. The molecule has 0 radical (unpaired) electrons. The zero-order valence-electron chi connectivity index (χ0n) is 65.2. The Morgan fingerprint density at radius 3 is 1.06 bits per heavy atom. The minimum atomic E-state index is -1.80. The molecule has 594 valence electrons. The van der Waals surface area contributed by atoms with Gasteiger partial charge in [-0.1, -0.05) is 345 Å². The number of carbonyl (C=O) groups is 1. The van der Waals surface area contributed by atoms with E-state index in [0.29, 0.717) is 12.8 Å². The van der Waals surface area contributed by atoms with Gasteiger partial charge < -0.3 is 65.1 Å². The Balaban J connectivity index is 1.66. The molecule has 9 N–H and O–H groups in total. The van der Waals surface area contributed by atoms with Crippen LogP contribution in [-0.4, -0.2) is 140 Å². The molecule has 14 nitrogen and oxygen atoms in total. The Bertz CT molecular complexity index is 2370. The van der Waals surface area contributed by atoms with Crippen LogP contribution in [0.3, 0.4) is 0 Å². The van der Waals surface area contributed by atoms with Gasteiger partial charge >= 0.3 is 0 Å². The zero-order valence-corrected chi connectivity index (χ0v) is 65.2. The van der Waals surface area contributed by atoms with Crippen LogP contribution in [-0.2, 0) is 23.7 Å². The minimum Gasteiger partial charge on any atom is -0.394 e. The molecule has 2 saturated heterocycles. The number of carbonyl (C=O) groups excluding carboxylic acids is 1. The van der Waals surface area contributed by atoms with E-state index in [0.717, 1.165) is 103 Å². The van der Waals surface area contributed by atoms with E-state index in [2.05, 4.69) is 165 Å². The molecular weight excluding hydrogens is 1300 g/mol. The Morgan fingerprint density at radius 2 is 0.673 bits per heavy atom. The van der Waals surface area contributed by atoms with E-state index < -0.39 is 86.8 Å². The van der Waals surface area contributed by atoms with Gasteiger partial charge in [0.15, 0.2) is 12.6 Å². The van der Waals surface area contributed by atoms with Gasteiger partial charge in [-0.25, -0.2) is 0 Å². The smallest absolute Gasteiger partial charge is 0.220 e. The fraction of sp³-hybridized carbons (Fsp3) is 0.700. The van der Waals surface area contributed by atoms with Crippen LogP contribution in [0.25, 0.3) is 0 Å². The van der Waals surface area contributed by atoms with Crippen LogP contribution >= 0.6 is 0 Å². The fourth-order valence-corrected chi connectivity index (χ4v) is 12.7. The summed E-state index contributed by atoms with van der Waals surface area (Å²) in [5.41, 5.74) is 0. The number of hydrogen-bond acceptors (Lipinski definition) is 13. The van der Waals surface area contributed by atoms with Crippen LogP contribution in [0.1, 0.15) is 309 Å². The molecule has 12 atom stereocenters. The van der Waals surface area contributed by atoms with Gasteiger partial charge in [0.25, 0.3) is 0 Å². The van der Waals surface area contributed by atoms with E-state index in [4.69, 9.17) is 18.9 Å². The highest BCUT2D eigenvalue weighted by molar-refractivity contribution is 5.76. The molecule has 14 heteroatoms. The number of ether oxygens (including phenoxy) is 4. The van der Waals surface area contributed by atoms with Crippen LogP contribution in [0.4, 0.5) is 0 Å². The van der Waals surface area contributed by atoms with Gasteiger partial charge in [0.2, 0.25) is 5.91 Å². The first-order chi connectivity index (χ1) is 51.1. The van der Waals surface area contributed by atoms with Crippen LogP contribution in [0.2, 0.25) is 0 Å². The van der Waals surface area contributed by atoms with Crippen molar-refractivity contribution in [3.05, 3.63) is 158 Å². The predicted octanol–water partition coefficient (Wildman–Crippen LogP) is 19.7. The number of aliphatic hydroxyl groups excluding tert-OH is 8. The molecule has 0 aliphatic carbocycles. The highest BCUT2D eigenvalue weighted by Crippen LogP contribution is 2.30. The molecule has 0 aromatic rings. The van der Waals surface area contributed by atoms with E-state index in [1.807, 2.05) is 6.08 Å². The van der Waals surface area contributed by atoms with Crippen molar-refractivity contribution in [1.29, 1.82) is 0 Å². The number of nitrogens with one attached hydrogen (secondary N) is 1. The lowest BCUT2D eigenvalue weighted by Crippen LogP contribution is -2.65. The van der Waals surface area contributed by atoms with Gasteiger partial charge in [-0.15, -0.1) is 0 Å². The van der Waals surface area contributed by atoms with Crippen molar-refractivity contribution in [2.24, 2.45) is 0 Å². The molecule has 0 aromatic carbocycles. The fourth-order valence-electron chi connectivity index (χ4n) is 12.7. The summed E-state index contributed by atoms with van der Waals surface area (Å²) >= 11 is 0. The standard InChI is InChI=1S/C90H151NO13/c1-3-5-7-9-11-13-15-17-19-21-23-25-27-29-31-33-35-37-38-39-40-42-44-46-48-50-52-54-56-58-60-62-64-66-68-70-72-74-82(95)91-78(77-101-89-87(100)85(98)88(81(76-93)103-89)104-90-86(99)84(97)83(96)80(75-92)102-90)79(94)73-71-69-67-65-63-61-59-57-55-53-51-49-47-45-43-41-36-34-32-30-28-26-24-22-20-18-16-14-12-10-8-6-4-2/h5,7,11,13,17,19,23,25,29,31,35,37,39-40,44,46,50,52,56,58,62-65,71,73,78-81,83-90,92-94,96-100H,3-4,6,8-10,12,14-16,18,20-22,24,26-28,30,32-34,36,38,41-43,45,47-49,51,53-55,57,59-61,66-70,72,74-77H2,1-2H3,(H,91,95)/b7-5-,13-11-,19-17-,25-23-,31-29-,37-35-,40-39-,46-44-,52-50-,58-56-,64-62-,65-63+,73-71+. The van der Waals surface area contributed by atoms with Gasteiger partial charge in [-0.3, -0.25) is 4.79 Å². The second-order valence-electron chi connectivity index (χ2n) is 28.5. The molecule has 12 unspecified atom stereocenters. The summed E-state index contributed by atoms with van der Waals surface area (Å²) in [6.45, 7) is 2.67. The first-order valence-corrected chi connectivity index (χ1v) is 41.7. The van der Waals surface area contributed by atoms with Gasteiger partial charge in [0.05, 0.1) is 32.0 Å². The van der Waals surface area contributed by atoms with Crippen LogP contribution < -0.4 is 5.32 Å². The molecule has 0 aromatic heterocycles. The summed E-state index contributed by atoms with van der Waals surface area (Å²) in [4.78, 5) is 13.4. The number of rotatable bonds is 68. The van der Waals surface area contributed by atoms with E-state index in [-0.39, 0.29) is 18.9 Å². The summed E-state index contributed by atoms with van der Waals surface area (Å²) < 4.78 is 22.9. The topological polar surface area (TPSA) is 228 Å². The molecule has 0 bridgehead atoms. The second kappa shape index (κ2) is 71.5. The highest BCUT2D eigenvalue weighted by Gasteiger charge is 2.51. The van der Waals surface area contributed by atoms with Gasteiger partial charge in [-0.2, -0.15) is 0 Å². The molecule has 0 spiro atoms. The lowest BCUT2D eigenvalue weighted by molar-refractivity contribution is -0.359. The molecule has 2 fully saturated rings. The van der Waals surface area contributed by atoms with Crippen molar-refractivity contribution in [3.8, 4) is 0 Å². The number of hydrogen-bond donors (Lipinski definition) is 9. The van der Waals surface area contributed by atoms with Gasteiger partial charge in [-0.05, 0) is 116 Å². The summed E-state index contributed by atoms with van der Waals surface area (Å²) in [7, 11) is 0. The Labute approximate surface area is 633 Å². The van der Waals surface area contributed by atoms with Gasteiger partial charge in [0.1, 0.15) is 48.8 Å². The quantitative estimate of drug-likeness (QED) is 0.0204. The number of unbranched alkanes of at least 4 members (excludes halogenated alkanes) is 31. The first kappa shape index (κ1) is 95.7. The van der Waals surface area contributed by atoms with Crippen molar-refractivity contribution in [2.45, 2.75) is 383 Å². The Hall–Kier alpha value is -4.39. The second-order valence-corrected chi connectivity index (χ2v) is 28.5. The van der Waals surface area contributed by atoms with E-state index in [9.17, 15) is 45.6 Å². The monoisotopic (exact) mass is 1450 g/mol. The maximum absolute atomic E-state index is 13.4. The summed E-state index contributed by atoms with van der Waals surface area (Å²) in [6.07, 6.45) is 93.3. The van der Waals surface area contributed by atoms with E-state index in [1.54, 1.807) is 6.08 Å². The molecule has 104 heavy (non-hydrogen) atoms. The summed E-state index contributed by atoms with van der Waals surface area (Å²) in [5, 5.41) is 87.7. The van der Waals surface area contributed by atoms with Crippen LogP contribution in [0.15, 0.2) is 158 Å². The van der Waals surface area contributed by atoms with E-state index >= 15 is 0 Å². The third-order valence-electron chi connectivity index (χ3n) is 19.2. The number of aliphatic hydroxyl groups is 8. The normalized spacial score (nSPS) is 22.3. The van der Waals surface area contributed by atoms with Crippen molar-refractivity contribution in [3.63, 3.8) is 0 Å². The van der Waals surface area contributed by atoms with Gasteiger partial charge in [0, 0.05) is 6.42 Å². The molecule has 1 amide bonds. The SMILES string of the molecule is CC/C=C\C/C=C\C/C=C\C/C=C\C/C=C\C/C=C\C/C=C\C/C=C\C/C=C\C/C=C\C/C=C\CCCCCC(=O)NC(COC1OC(CO)C(OC2OC(CO)C(O)C(O)C2O)C(O)C1O)C(O)/C=C/CC/C=C/CCCCCCCCCCCCCCCCCCCCCCCCCCCCC. The minimum absolute atomic E-state index is 0.223. The molecule has 2 rings (SSSR count). The van der Waals surface area contributed by atoms with E-state index in [1.165, 1.54) is 173 Å². The molecule has 2 heterocycles. The predicted molar refractivity (Wildman–Crippen MR) is 433 cm³/mol. The summed E-state index contributed by atoms with van der Waals surface area (Å²) in [6, 6.07) is -0.965. The largest absolute Gasteiger partial charge is 0.394 e. The lowest BCUT2D eigenvalue weighted by Gasteiger charge is -2.46. The maximum atomic E-state index is 13.4. The molecule has 2 aliphatic rings. The van der Waals surface area contributed by atoms with Crippen LogP contribution in [0.5, 0.6) is 0 Å². The number of amides is 1. The average Bonchev–Trinajstić information content (AvgIpc) is 0.790. The zero-order chi connectivity index (χ0) is 75.1. The Morgan fingerprint density at radius 1 is 0.356 bits per heavy atom. The van der Waals surface area contributed by atoms with Crippen molar-refractivity contribution in [2.75, 3.05) is 19.8 Å². The van der Waals surface area contributed by atoms with Crippen molar-refractivity contribution >= 4 is 5.91 Å². The first-order valence-electron chi connectivity index (χ1n) is 41.7. The molecular formula is C90H151NO13. The Kier molecular flexibility index (Phi) is 65.8. The maximum Gasteiger partial charge on any atom is 0.220 e. The lowest BCUT2D eigenvalue weighted by atomic mass is 9.97. The average molecular weight is 1460 g/mol.